The maximum absolute atomic E-state index is 3.35. The Balaban J connectivity index is 0.000000192. The summed E-state index contributed by atoms with van der Waals surface area (Å²) in [4.78, 5) is 0. The molecule has 0 aliphatic carbocycles. The van der Waals surface area contributed by atoms with Crippen molar-refractivity contribution in [3.05, 3.63) is 257 Å². The van der Waals surface area contributed by atoms with Gasteiger partial charge in [0.05, 0.1) is 0 Å². The Morgan fingerprint density at radius 3 is 1.76 bits per heavy atom. The molecular weight excluding hydrogens is 793 g/mol. The second-order valence-corrected chi connectivity index (χ2v) is 17.3. The van der Waals surface area contributed by atoms with E-state index in [2.05, 4.69) is 258 Å². The Kier molecular flexibility index (Phi) is 18.8. The summed E-state index contributed by atoms with van der Waals surface area (Å²) in [6.07, 6.45) is 13.0. The largest absolute Gasteiger partial charge is 0.0871 e. The lowest BCUT2D eigenvalue weighted by Crippen LogP contribution is -1.93. The molecule has 0 heterocycles. The third-order valence-electron chi connectivity index (χ3n) is 11.8. The van der Waals surface area contributed by atoms with Crippen molar-refractivity contribution in [1.29, 1.82) is 0 Å². The molecule has 7 aromatic rings. The highest BCUT2D eigenvalue weighted by molar-refractivity contribution is 5.81. The lowest BCUT2D eigenvalue weighted by atomic mass is 9.93. The molecule has 0 saturated heterocycles. The highest BCUT2D eigenvalue weighted by Crippen LogP contribution is 2.27. The van der Waals surface area contributed by atoms with Crippen molar-refractivity contribution in [2.75, 3.05) is 0 Å². The Bertz CT molecular complexity index is 2930. The summed E-state index contributed by atoms with van der Waals surface area (Å²) in [6, 6.07) is 49.8. The molecule has 66 heavy (non-hydrogen) atoms. The van der Waals surface area contributed by atoms with Crippen molar-refractivity contribution in [2.45, 2.75) is 95.9 Å². The molecule has 0 fully saturated rings. The lowest BCUT2D eigenvalue weighted by Gasteiger charge is -2.12. The van der Waals surface area contributed by atoms with Crippen molar-refractivity contribution < 1.29 is 0 Å². The summed E-state index contributed by atoms with van der Waals surface area (Å²) < 4.78 is 0. The molecule has 332 valence electrons. The standard InChI is InChI=1S/C28H30.C21H22.C17H16/c1-5-22-9-8-10-23(19-22)13-16-25-17-18-27(20-24(25)6-2)28(7-3)26-14-11-21(4)12-15-26;1-6-7-19-13-17(4)21(18(5)14-19)9-8-20-11-15(2)10-16(3)12-20;1-13-8-9-16(12-15(13)3)10-11-17-7-5-4-6-14(17)2/h7-20H,5-6H2,1-4H3;6-7,10-14H,1-5H3;4-9,12H,1-3H3/b16-13+,28-7+;7-6+;. The van der Waals surface area contributed by atoms with Crippen LogP contribution in [0.4, 0.5) is 0 Å². The molecule has 0 amide bonds. The molecule has 0 aliphatic heterocycles. The molecule has 7 rings (SSSR count). The normalized spacial score (nSPS) is 10.9. The summed E-state index contributed by atoms with van der Waals surface area (Å²) in [7, 11) is 0. The van der Waals surface area contributed by atoms with Crippen molar-refractivity contribution >= 4 is 23.8 Å². The van der Waals surface area contributed by atoms with Gasteiger partial charge in [0, 0.05) is 22.3 Å². The van der Waals surface area contributed by atoms with E-state index in [4.69, 9.17) is 0 Å². The van der Waals surface area contributed by atoms with E-state index in [0.717, 1.165) is 35.1 Å². The molecule has 7 aromatic carbocycles. The SMILES string of the molecule is C/C=C(\c1ccc(C)cc1)c1ccc(/C=C/c2cccc(CC)c2)c(CC)c1.C/C=C/c1cc(C)c(C#Cc2cc(C)cc(C)c2)c(C)c1.Cc1ccc(C#Cc2ccccc2C)cc1C. The summed E-state index contributed by atoms with van der Waals surface area (Å²) in [5.41, 5.74) is 24.9. The van der Waals surface area contributed by atoms with Gasteiger partial charge in [0.1, 0.15) is 0 Å². The van der Waals surface area contributed by atoms with Crippen LogP contribution < -0.4 is 0 Å². The number of hydrogen-bond acceptors (Lipinski definition) is 0. The van der Waals surface area contributed by atoms with Crippen molar-refractivity contribution in [2.24, 2.45) is 0 Å². The first kappa shape index (κ1) is 49.9. The smallest absolute Gasteiger partial charge is 0.0307 e. The topological polar surface area (TPSA) is 0 Å². The predicted octanol–water partition coefficient (Wildman–Crippen LogP) is 17.1. The first-order valence-corrected chi connectivity index (χ1v) is 23.4. The van der Waals surface area contributed by atoms with Crippen LogP contribution in [0.3, 0.4) is 0 Å². The number of allylic oxidation sites excluding steroid dienone is 2. The number of benzene rings is 7. The molecule has 0 bridgehead atoms. The van der Waals surface area contributed by atoms with Crippen LogP contribution in [0.25, 0.3) is 23.8 Å². The molecule has 0 aliphatic rings. The molecule has 0 aromatic heterocycles. The van der Waals surface area contributed by atoms with Crippen LogP contribution in [0, 0.1) is 79.1 Å². The fraction of sp³-hybridized carbons (Fsp3) is 0.212. The highest BCUT2D eigenvalue weighted by Gasteiger charge is 2.08. The Morgan fingerprint density at radius 2 is 1.12 bits per heavy atom. The van der Waals surface area contributed by atoms with E-state index in [1.54, 1.807) is 0 Å². The van der Waals surface area contributed by atoms with Gasteiger partial charge in [-0.2, -0.15) is 0 Å². The Hall–Kier alpha value is -7.12. The van der Waals surface area contributed by atoms with Gasteiger partial charge in [0.25, 0.3) is 0 Å². The van der Waals surface area contributed by atoms with E-state index in [1.165, 1.54) is 89.0 Å². The van der Waals surface area contributed by atoms with Gasteiger partial charge in [-0.25, -0.2) is 0 Å². The third kappa shape index (κ3) is 14.7. The Morgan fingerprint density at radius 1 is 0.439 bits per heavy atom. The average molecular weight is 861 g/mol. The molecule has 0 heteroatoms. The lowest BCUT2D eigenvalue weighted by molar-refractivity contribution is 1.13. The van der Waals surface area contributed by atoms with Crippen molar-refractivity contribution in [3.63, 3.8) is 0 Å². The molecule has 0 atom stereocenters. The fourth-order valence-electron chi connectivity index (χ4n) is 7.91. The zero-order chi connectivity index (χ0) is 47.6. The summed E-state index contributed by atoms with van der Waals surface area (Å²) in [5, 5.41) is 0. The maximum atomic E-state index is 3.35. The summed E-state index contributed by atoms with van der Waals surface area (Å²) in [5.74, 6) is 13.1. The monoisotopic (exact) mass is 861 g/mol. The van der Waals surface area contributed by atoms with E-state index in [-0.39, 0.29) is 0 Å². The van der Waals surface area contributed by atoms with Gasteiger partial charge in [-0.1, -0.05) is 183 Å². The van der Waals surface area contributed by atoms with Gasteiger partial charge < -0.3 is 0 Å². The minimum atomic E-state index is 1.02. The molecule has 0 spiro atoms. The van der Waals surface area contributed by atoms with E-state index < -0.39 is 0 Å². The summed E-state index contributed by atoms with van der Waals surface area (Å²) in [6.45, 7) is 25.5. The highest BCUT2D eigenvalue weighted by atomic mass is 14.1. The fourth-order valence-corrected chi connectivity index (χ4v) is 7.91. The van der Waals surface area contributed by atoms with Gasteiger partial charge in [-0.15, -0.1) is 0 Å². The van der Waals surface area contributed by atoms with E-state index >= 15 is 0 Å². The molecule has 0 N–H and O–H groups in total. The van der Waals surface area contributed by atoms with Gasteiger partial charge >= 0.3 is 0 Å². The van der Waals surface area contributed by atoms with E-state index in [0.29, 0.717) is 0 Å². The molecule has 0 nitrogen and oxygen atoms in total. The van der Waals surface area contributed by atoms with E-state index in [1.807, 2.05) is 19.1 Å². The molecule has 0 radical (unpaired) electrons. The zero-order valence-electron chi connectivity index (χ0n) is 41.6. The second-order valence-electron chi connectivity index (χ2n) is 17.3. The quantitative estimate of drug-likeness (QED) is 0.111. The minimum absolute atomic E-state index is 1.02. The van der Waals surface area contributed by atoms with Gasteiger partial charge in [-0.05, 0) is 196 Å². The molecular formula is C66H68. The molecule has 0 unspecified atom stereocenters. The first-order valence-electron chi connectivity index (χ1n) is 23.4. The number of hydrogen-bond donors (Lipinski definition) is 0. The maximum Gasteiger partial charge on any atom is 0.0307 e. The molecule has 0 saturated carbocycles. The van der Waals surface area contributed by atoms with Crippen LogP contribution in [-0.2, 0) is 12.8 Å². The average Bonchev–Trinajstić information content (AvgIpc) is 3.30. The van der Waals surface area contributed by atoms with Gasteiger partial charge in [-0.3, -0.25) is 0 Å². The number of rotatable bonds is 7. The predicted molar refractivity (Wildman–Crippen MR) is 290 cm³/mol. The van der Waals surface area contributed by atoms with Crippen LogP contribution in [-0.4, -0.2) is 0 Å². The van der Waals surface area contributed by atoms with Crippen molar-refractivity contribution in [3.8, 4) is 23.7 Å². The van der Waals surface area contributed by atoms with E-state index in [9.17, 15) is 0 Å². The number of aryl methyl sites for hydroxylation is 10. The van der Waals surface area contributed by atoms with Gasteiger partial charge in [0.2, 0.25) is 0 Å². The van der Waals surface area contributed by atoms with Gasteiger partial charge in [0.15, 0.2) is 0 Å². The van der Waals surface area contributed by atoms with Crippen LogP contribution in [0.15, 0.2) is 152 Å². The second kappa shape index (κ2) is 24.8. The zero-order valence-corrected chi connectivity index (χ0v) is 41.6. The van der Waals surface area contributed by atoms with Crippen molar-refractivity contribution in [1.82, 2.24) is 0 Å². The summed E-state index contributed by atoms with van der Waals surface area (Å²) >= 11 is 0. The Labute approximate surface area is 398 Å². The first-order chi connectivity index (χ1) is 31.8. The van der Waals surface area contributed by atoms with Crippen LogP contribution in [0.2, 0.25) is 0 Å². The van der Waals surface area contributed by atoms with Crippen LogP contribution in [0.1, 0.15) is 133 Å². The van der Waals surface area contributed by atoms with Crippen LogP contribution in [0.5, 0.6) is 0 Å². The minimum Gasteiger partial charge on any atom is -0.0871 e. The third-order valence-corrected chi connectivity index (χ3v) is 11.8. The van der Waals surface area contributed by atoms with Crippen LogP contribution >= 0.6 is 0 Å².